The fourth-order valence-corrected chi connectivity index (χ4v) is 3.78. The van der Waals surface area contributed by atoms with Gasteiger partial charge in [-0.2, -0.15) is 0 Å². The predicted molar refractivity (Wildman–Crippen MR) is 124 cm³/mol. The summed E-state index contributed by atoms with van der Waals surface area (Å²) >= 11 is 0. The van der Waals surface area contributed by atoms with Crippen LogP contribution in [0.5, 0.6) is 0 Å². The number of carbonyl (C=O) groups excluding carboxylic acids is 1. The van der Waals surface area contributed by atoms with Crippen molar-refractivity contribution in [2.75, 3.05) is 57.3 Å². The van der Waals surface area contributed by atoms with Crippen molar-refractivity contribution in [2.45, 2.75) is 39.5 Å². The first-order valence-electron chi connectivity index (χ1n) is 11.4. The minimum atomic E-state index is 0.190. The lowest BCUT2D eigenvalue weighted by atomic mass is 10.0. The molecule has 1 aliphatic rings. The Labute approximate surface area is 181 Å². The largest absolute Gasteiger partial charge is 0.396 e. The molecule has 1 atom stereocenters. The van der Waals surface area contributed by atoms with Crippen LogP contribution in [0.3, 0.4) is 0 Å². The van der Waals surface area contributed by atoms with Gasteiger partial charge >= 0.3 is 0 Å². The molecule has 1 amide bonds. The number of hydrogen-bond donors (Lipinski definition) is 3. The molecule has 1 heterocycles. The molecule has 1 aliphatic heterocycles. The number of aliphatic hydroxyl groups is 1. The summed E-state index contributed by atoms with van der Waals surface area (Å²) in [6.07, 6.45) is 3.40. The van der Waals surface area contributed by atoms with E-state index in [1.54, 1.807) is 0 Å². The van der Waals surface area contributed by atoms with Crippen molar-refractivity contribution in [1.29, 1.82) is 0 Å². The topological polar surface area (TPSA) is 80.2 Å². The monoisotopic (exact) mass is 417 g/mol. The highest BCUT2D eigenvalue weighted by Crippen LogP contribution is 2.15. The molecule has 1 unspecified atom stereocenters. The zero-order chi connectivity index (χ0) is 21.6. The zero-order valence-corrected chi connectivity index (χ0v) is 18.6. The number of hydrogen-bond acceptors (Lipinski definition) is 4. The van der Waals surface area contributed by atoms with E-state index in [2.05, 4.69) is 51.7 Å². The van der Waals surface area contributed by atoms with Crippen LogP contribution in [0.25, 0.3) is 0 Å². The third-order valence-electron chi connectivity index (χ3n) is 5.47. The van der Waals surface area contributed by atoms with Gasteiger partial charge in [-0.3, -0.25) is 9.79 Å². The standard InChI is InChI=1S/C23H39N5O2/c1-3-8-20(12-18-29)19-26-23(24-4-2)25-13-11-22(30)28-16-14-27(15-17-28)21-9-6-5-7-10-21/h5-7,9-10,20,29H,3-4,8,11-19H2,1-2H3,(H2,24,25,26). The third kappa shape index (κ3) is 8.22. The average Bonchev–Trinajstić information content (AvgIpc) is 2.78. The number of benzene rings is 1. The van der Waals surface area contributed by atoms with E-state index in [0.29, 0.717) is 25.4 Å². The molecule has 1 saturated heterocycles. The van der Waals surface area contributed by atoms with E-state index in [9.17, 15) is 9.90 Å². The van der Waals surface area contributed by atoms with E-state index < -0.39 is 0 Å². The van der Waals surface area contributed by atoms with Crippen LogP contribution in [-0.2, 0) is 4.79 Å². The van der Waals surface area contributed by atoms with Crippen molar-refractivity contribution >= 4 is 17.6 Å². The number of guanidine groups is 1. The molecule has 0 aliphatic carbocycles. The summed E-state index contributed by atoms with van der Waals surface area (Å²) in [6, 6.07) is 10.4. The summed E-state index contributed by atoms with van der Waals surface area (Å²) in [4.78, 5) is 21.5. The summed E-state index contributed by atoms with van der Waals surface area (Å²) in [7, 11) is 0. The van der Waals surface area contributed by atoms with Crippen LogP contribution in [0.1, 0.15) is 39.5 Å². The van der Waals surface area contributed by atoms with Gasteiger partial charge in [-0.1, -0.05) is 31.5 Å². The number of anilines is 1. The predicted octanol–water partition coefficient (Wildman–Crippen LogP) is 2.08. The van der Waals surface area contributed by atoms with Gasteiger partial charge in [0, 0.05) is 64.5 Å². The van der Waals surface area contributed by atoms with E-state index in [4.69, 9.17) is 0 Å². The fraction of sp³-hybridized carbons (Fsp3) is 0.652. The van der Waals surface area contributed by atoms with E-state index >= 15 is 0 Å². The van der Waals surface area contributed by atoms with Gasteiger partial charge in [0.05, 0.1) is 0 Å². The number of nitrogens with zero attached hydrogens (tertiary/aromatic N) is 3. The highest BCUT2D eigenvalue weighted by Gasteiger charge is 2.20. The molecule has 1 aromatic rings. The van der Waals surface area contributed by atoms with E-state index in [1.807, 2.05) is 17.9 Å². The highest BCUT2D eigenvalue weighted by atomic mass is 16.3. The quantitative estimate of drug-likeness (QED) is 0.379. The van der Waals surface area contributed by atoms with E-state index in [0.717, 1.165) is 57.9 Å². The molecule has 0 radical (unpaired) electrons. The summed E-state index contributed by atoms with van der Waals surface area (Å²) in [5.74, 6) is 1.34. The van der Waals surface area contributed by atoms with Gasteiger partial charge < -0.3 is 25.5 Å². The van der Waals surface area contributed by atoms with Crippen molar-refractivity contribution < 1.29 is 9.90 Å². The van der Waals surface area contributed by atoms with Crippen molar-refractivity contribution in [3.63, 3.8) is 0 Å². The lowest BCUT2D eigenvalue weighted by molar-refractivity contribution is -0.131. The Morgan fingerprint density at radius 1 is 1.10 bits per heavy atom. The van der Waals surface area contributed by atoms with Crippen molar-refractivity contribution in [3.05, 3.63) is 30.3 Å². The maximum absolute atomic E-state index is 12.6. The molecule has 0 spiro atoms. The van der Waals surface area contributed by atoms with Gasteiger partial charge in [-0.25, -0.2) is 0 Å². The molecule has 7 nitrogen and oxygen atoms in total. The maximum atomic E-state index is 12.6. The van der Waals surface area contributed by atoms with Crippen LogP contribution < -0.4 is 15.5 Å². The molecule has 1 aromatic carbocycles. The van der Waals surface area contributed by atoms with Gasteiger partial charge in [0.2, 0.25) is 5.91 Å². The Morgan fingerprint density at radius 2 is 1.83 bits per heavy atom. The minimum absolute atomic E-state index is 0.190. The molecule has 0 aromatic heterocycles. The fourth-order valence-electron chi connectivity index (χ4n) is 3.78. The van der Waals surface area contributed by atoms with Crippen molar-refractivity contribution in [2.24, 2.45) is 10.9 Å². The van der Waals surface area contributed by atoms with Gasteiger partial charge in [0.15, 0.2) is 5.96 Å². The Bertz CT molecular complexity index is 624. The van der Waals surface area contributed by atoms with Crippen LogP contribution in [0, 0.1) is 5.92 Å². The summed E-state index contributed by atoms with van der Waals surface area (Å²) in [5.41, 5.74) is 1.22. The lowest BCUT2D eigenvalue weighted by Gasteiger charge is -2.36. The summed E-state index contributed by atoms with van der Waals surface area (Å²) in [6.45, 7) is 9.71. The highest BCUT2D eigenvalue weighted by molar-refractivity contribution is 5.81. The third-order valence-corrected chi connectivity index (χ3v) is 5.47. The average molecular weight is 418 g/mol. The lowest BCUT2D eigenvalue weighted by Crippen LogP contribution is -2.49. The molecule has 0 bridgehead atoms. The van der Waals surface area contributed by atoms with Gasteiger partial charge in [-0.05, 0) is 37.8 Å². The van der Waals surface area contributed by atoms with Crippen molar-refractivity contribution in [1.82, 2.24) is 15.5 Å². The molecule has 30 heavy (non-hydrogen) atoms. The number of carbonyl (C=O) groups is 1. The first-order chi connectivity index (χ1) is 14.7. The number of para-hydroxylation sites is 1. The second-order valence-corrected chi connectivity index (χ2v) is 7.77. The molecule has 2 rings (SSSR count). The van der Waals surface area contributed by atoms with Crippen LogP contribution >= 0.6 is 0 Å². The molecule has 168 valence electrons. The Kier molecular flexibility index (Phi) is 11.1. The van der Waals surface area contributed by atoms with Crippen LogP contribution in [0.15, 0.2) is 35.3 Å². The van der Waals surface area contributed by atoms with Crippen LogP contribution in [0.2, 0.25) is 0 Å². The number of nitrogens with one attached hydrogen (secondary N) is 2. The molecule has 3 N–H and O–H groups in total. The smallest absolute Gasteiger partial charge is 0.224 e. The Balaban J connectivity index is 1.74. The maximum Gasteiger partial charge on any atom is 0.224 e. The second-order valence-electron chi connectivity index (χ2n) is 7.77. The number of rotatable bonds is 11. The molecule has 1 fully saturated rings. The van der Waals surface area contributed by atoms with Crippen LogP contribution in [-0.4, -0.2) is 74.3 Å². The first-order valence-corrected chi connectivity index (χ1v) is 11.4. The number of aliphatic imine (C=N–C) groups is 1. The molecular formula is C23H39N5O2. The summed E-state index contributed by atoms with van der Waals surface area (Å²) in [5, 5.41) is 15.7. The normalized spacial score (nSPS) is 15.8. The van der Waals surface area contributed by atoms with Gasteiger partial charge in [-0.15, -0.1) is 0 Å². The number of amides is 1. The van der Waals surface area contributed by atoms with Crippen LogP contribution in [0.4, 0.5) is 5.69 Å². The summed E-state index contributed by atoms with van der Waals surface area (Å²) < 4.78 is 0. The number of piperazine rings is 1. The molecular weight excluding hydrogens is 378 g/mol. The van der Waals surface area contributed by atoms with Gasteiger partial charge in [0.1, 0.15) is 0 Å². The zero-order valence-electron chi connectivity index (χ0n) is 18.6. The SMILES string of the molecule is CCCC(CCO)CN=C(NCC)NCCC(=O)N1CCN(c2ccccc2)CC1. The number of aliphatic hydroxyl groups excluding tert-OH is 1. The first kappa shape index (κ1) is 24.0. The minimum Gasteiger partial charge on any atom is -0.396 e. The van der Waals surface area contributed by atoms with E-state index in [1.165, 1.54) is 5.69 Å². The molecule has 0 saturated carbocycles. The Morgan fingerprint density at radius 3 is 2.47 bits per heavy atom. The Hall–Kier alpha value is -2.28. The molecule has 7 heteroatoms. The van der Waals surface area contributed by atoms with Crippen molar-refractivity contribution in [3.8, 4) is 0 Å². The van der Waals surface area contributed by atoms with Gasteiger partial charge in [0.25, 0.3) is 0 Å². The van der Waals surface area contributed by atoms with E-state index in [-0.39, 0.29) is 12.5 Å². The second kappa shape index (κ2) is 13.9.